The van der Waals surface area contributed by atoms with Crippen molar-refractivity contribution in [2.45, 2.75) is 163 Å². The van der Waals surface area contributed by atoms with Gasteiger partial charge in [-0.15, -0.1) is 0 Å². The number of nitrogens with zero attached hydrogens (tertiary/aromatic N) is 4. The number of carbonyl (C=O) groups is 3. The summed E-state index contributed by atoms with van der Waals surface area (Å²) in [6.07, 6.45) is 17.4. The second kappa shape index (κ2) is 21.2. The van der Waals surface area contributed by atoms with E-state index in [9.17, 15) is 14.4 Å². The van der Waals surface area contributed by atoms with Gasteiger partial charge in [-0.2, -0.15) is 0 Å². The van der Waals surface area contributed by atoms with Gasteiger partial charge in [0.05, 0.1) is 11.6 Å². The first-order valence-corrected chi connectivity index (χ1v) is 26.5. The molecule has 12 heteroatoms. The Hall–Kier alpha value is -3.54. The summed E-state index contributed by atoms with van der Waals surface area (Å²) < 4.78 is 17.5. The number of rotatable bonds is 17. The highest BCUT2D eigenvalue weighted by Crippen LogP contribution is 2.67. The van der Waals surface area contributed by atoms with Crippen LogP contribution < -0.4 is 10.2 Å². The van der Waals surface area contributed by atoms with Crippen LogP contribution in [0.15, 0.2) is 42.2 Å². The predicted octanol–water partition coefficient (Wildman–Crippen LogP) is 10.6. The summed E-state index contributed by atoms with van der Waals surface area (Å²) in [5.74, 6) is 4.44. The Kier molecular flexibility index (Phi) is 15.8. The Balaban J connectivity index is 0.789. The van der Waals surface area contributed by atoms with Crippen LogP contribution in [0.2, 0.25) is 5.02 Å². The van der Waals surface area contributed by atoms with Crippen molar-refractivity contribution in [3.05, 3.63) is 64.1 Å². The van der Waals surface area contributed by atoms with Gasteiger partial charge < -0.3 is 29.3 Å². The van der Waals surface area contributed by atoms with Crippen LogP contribution in [0.1, 0.15) is 167 Å². The molecule has 1 aromatic heterocycles. The molecule has 2 aromatic rings. The van der Waals surface area contributed by atoms with Crippen molar-refractivity contribution in [1.29, 1.82) is 0 Å². The van der Waals surface area contributed by atoms with Crippen molar-refractivity contribution in [3.8, 4) is 0 Å². The molecule has 0 unspecified atom stereocenters. The maximum atomic E-state index is 13.9. The molecule has 11 atom stereocenters. The number of anilines is 1. The fourth-order valence-electron chi connectivity index (χ4n) is 14.2. The number of carbonyl (C=O) groups excluding carboxylic acids is 3. The molecule has 0 bridgehead atoms. The van der Waals surface area contributed by atoms with Gasteiger partial charge in [0.15, 0.2) is 0 Å². The van der Waals surface area contributed by atoms with Crippen LogP contribution >= 0.6 is 11.6 Å². The molecule has 368 valence electrons. The Bertz CT molecular complexity index is 2090. The molecule has 3 saturated carbocycles. The van der Waals surface area contributed by atoms with Crippen molar-refractivity contribution in [3.63, 3.8) is 0 Å². The standard InChI is InChI=1S/C55H80ClN5O6/c1-34(2)10-9-11-36(5)44-18-19-45-42-17-14-39-29-41(20-22-54(39,7)46(42)21-23-55(44,45)8)66-48(62)31-65-32-49(63)67-47-28-37(6)50-51(47)58-33-59-52(50)60-24-26-61(27-25-60)53(64)43(30-57-35(3)4)38-12-15-40(56)16-13-38/h12-16,33-37,41-47,57H,9-11,17-32H2,1-8H3/t36-,37-,41+,42+,43-,44-,45+,46+,47-,54+,55-/m1/s1. The van der Waals surface area contributed by atoms with Crippen LogP contribution in [0.5, 0.6) is 0 Å². The van der Waals surface area contributed by atoms with E-state index in [1.54, 1.807) is 0 Å². The van der Waals surface area contributed by atoms with Crippen LogP contribution in [0, 0.1) is 46.3 Å². The second-order valence-electron chi connectivity index (χ2n) is 22.7. The van der Waals surface area contributed by atoms with E-state index in [0.29, 0.717) is 61.2 Å². The lowest BCUT2D eigenvalue weighted by Gasteiger charge is -2.58. The average Bonchev–Trinajstić information content (AvgIpc) is 3.82. The third-order valence-electron chi connectivity index (χ3n) is 17.7. The fraction of sp³-hybridized carbons (Fsp3) is 0.727. The number of aromatic nitrogens is 2. The van der Waals surface area contributed by atoms with Crippen LogP contribution in [-0.4, -0.2) is 90.8 Å². The molecular formula is C55H80ClN5O6. The fourth-order valence-corrected chi connectivity index (χ4v) is 14.3. The van der Waals surface area contributed by atoms with E-state index < -0.39 is 18.0 Å². The molecule has 5 aliphatic carbocycles. The number of nitrogens with one attached hydrogen (secondary N) is 1. The van der Waals surface area contributed by atoms with Crippen LogP contribution in [0.25, 0.3) is 0 Å². The zero-order chi connectivity index (χ0) is 47.6. The minimum atomic E-state index is -0.541. The number of esters is 2. The molecule has 0 spiro atoms. The first-order valence-electron chi connectivity index (χ1n) is 26.1. The largest absolute Gasteiger partial charge is 0.460 e. The third-order valence-corrected chi connectivity index (χ3v) is 18.0. The Labute approximate surface area is 406 Å². The molecule has 2 heterocycles. The van der Waals surface area contributed by atoms with E-state index in [-0.39, 0.29) is 48.5 Å². The van der Waals surface area contributed by atoms with E-state index >= 15 is 0 Å². The highest BCUT2D eigenvalue weighted by atomic mass is 35.5. The zero-order valence-corrected chi connectivity index (χ0v) is 42.6. The normalized spacial score (nSPS) is 31.1. The number of fused-ring (bicyclic) bond motifs is 6. The summed E-state index contributed by atoms with van der Waals surface area (Å²) in [5, 5.41) is 4.09. The highest BCUT2D eigenvalue weighted by molar-refractivity contribution is 6.30. The van der Waals surface area contributed by atoms with Crippen molar-refractivity contribution in [1.82, 2.24) is 20.2 Å². The minimum absolute atomic E-state index is 0.0601. The SMILES string of the molecule is CC(C)CCC[C@@H](C)[C@H]1CC[C@H]2[C@@H]3CC=C4C[C@@H](OC(=O)COCC(=O)O[C@@H]5C[C@@H](C)c6c5ncnc6N5CCN(C(=O)[C@H](CNC(C)C)c6ccc(Cl)cc6)CC5)CC[C@]4(C)[C@H]3CC[C@]12C. The number of allylic oxidation sites excluding steroid dienone is 1. The molecule has 4 fully saturated rings. The summed E-state index contributed by atoms with van der Waals surface area (Å²) >= 11 is 6.17. The molecule has 1 aromatic carbocycles. The summed E-state index contributed by atoms with van der Waals surface area (Å²) in [6, 6.07) is 7.80. The van der Waals surface area contributed by atoms with E-state index in [1.807, 2.05) is 29.2 Å². The molecule has 1 amide bonds. The van der Waals surface area contributed by atoms with Gasteiger partial charge in [-0.05, 0) is 121 Å². The van der Waals surface area contributed by atoms with Crippen LogP contribution in [0.3, 0.4) is 0 Å². The predicted molar refractivity (Wildman–Crippen MR) is 264 cm³/mol. The average molecular weight is 943 g/mol. The zero-order valence-electron chi connectivity index (χ0n) is 41.9. The van der Waals surface area contributed by atoms with E-state index in [0.717, 1.165) is 72.2 Å². The van der Waals surface area contributed by atoms with E-state index in [4.69, 9.17) is 30.8 Å². The third kappa shape index (κ3) is 10.8. The molecule has 6 aliphatic rings. The maximum Gasteiger partial charge on any atom is 0.332 e. The molecule has 0 radical (unpaired) electrons. The summed E-state index contributed by atoms with van der Waals surface area (Å²) in [6.45, 7) is 21.0. The highest BCUT2D eigenvalue weighted by Gasteiger charge is 2.59. The second-order valence-corrected chi connectivity index (χ2v) is 23.2. The topological polar surface area (TPSA) is 123 Å². The summed E-state index contributed by atoms with van der Waals surface area (Å²) in [5.41, 5.74) is 4.76. The monoisotopic (exact) mass is 942 g/mol. The van der Waals surface area contributed by atoms with Crippen molar-refractivity contribution < 1.29 is 28.6 Å². The van der Waals surface area contributed by atoms with Gasteiger partial charge >= 0.3 is 11.9 Å². The maximum absolute atomic E-state index is 13.9. The van der Waals surface area contributed by atoms with Gasteiger partial charge in [-0.25, -0.2) is 19.6 Å². The Morgan fingerprint density at radius 2 is 1.61 bits per heavy atom. The van der Waals surface area contributed by atoms with Gasteiger partial charge in [0, 0.05) is 55.8 Å². The molecule has 1 aliphatic heterocycles. The lowest BCUT2D eigenvalue weighted by Crippen LogP contribution is -2.51. The lowest BCUT2D eigenvalue weighted by atomic mass is 9.47. The van der Waals surface area contributed by atoms with Gasteiger partial charge in [0.1, 0.15) is 37.6 Å². The first-order chi connectivity index (χ1) is 32.0. The molecule has 1 saturated heterocycles. The van der Waals surface area contributed by atoms with Crippen molar-refractivity contribution in [2.75, 3.05) is 50.8 Å². The molecular weight excluding hydrogens is 862 g/mol. The van der Waals surface area contributed by atoms with Crippen LogP contribution in [-0.2, 0) is 28.6 Å². The Morgan fingerprint density at radius 1 is 0.881 bits per heavy atom. The van der Waals surface area contributed by atoms with Crippen LogP contribution in [0.4, 0.5) is 5.82 Å². The summed E-state index contributed by atoms with van der Waals surface area (Å²) in [7, 11) is 0. The number of hydrogen-bond donors (Lipinski definition) is 1. The number of halogens is 1. The van der Waals surface area contributed by atoms with Crippen molar-refractivity contribution >= 4 is 35.3 Å². The first kappa shape index (κ1) is 49.9. The van der Waals surface area contributed by atoms with E-state index in [1.165, 1.54) is 56.8 Å². The summed E-state index contributed by atoms with van der Waals surface area (Å²) in [4.78, 5) is 53.6. The van der Waals surface area contributed by atoms with Gasteiger partial charge in [0.25, 0.3) is 0 Å². The number of amides is 1. The van der Waals surface area contributed by atoms with Gasteiger partial charge in [0.2, 0.25) is 5.91 Å². The molecule has 11 nitrogen and oxygen atoms in total. The molecule has 67 heavy (non-hydrogen) atoms. The number of piperazine rings is 1. The van der Waals surface area contributed by atoms with Crippen molar-refractivity contribution in [2.24, 2.45) is 46.3 Å². The van der Waals surface area contributed by atoms with Gasteiger partial charge in [-0.3, -0.25) is 4.79 Å². The number of ether oxygens (including phenoxy) is 3. The number of hydrogen-bond acceptors (Lipinski definition) is 10. The minimum Gasteiger partial charge on any atom is -0.460 e. The number of benzene rings is 1. The Morgan fingerprint density at radius 3 is 2.33 bits per heavy atom. The molecule has 8 rings (SSSR count). The molecule has 1 N–H and O–H groups in total. The smallest absolute Gasteiger partial charge is 0.332 e. The van der Waals surface area contributed by atoms with Gasteiger partial charge in [-0.1, -0.05) is 110 Å². The van der Waals surface area contributed by atoms with E-state index in [2.05, 4.69) is 76.7 Å². The lowest BCUT2D eigenvalue weighted by molar-refractivity contribution is -0.162. The quantitative estimate of drug-likeness (QED) is 0.121.